The van der Waals surface area contributed by atoms with Crippen molar-refractivity contribution in [1.82, 2.24) is 14.9 Å². The Hall–Kier alpha value is -2.65. The number of aromatic nitrogens is 1. The molecule has 10 heteroatoms. The zero-order chi connectivity index (χ0) is 24.0. The maximum Gasteiger partial charge on any atom is 0.322 e. The largest absolute Gasteiger partial charge is 0.370 e. The van der Waals surface area contributed by atoms with E-state index in [-0.39, 0.29) is 0 Å². The maximum atomic E-state index is 12.0. The lowest BCUT2D eigenvalue weighted by molar-refractivity contribution is -0.227. The van der Waals surface area contributed by atoms with E-state index < -0.39 is 17.7 Å². The van der Waals surface area contributed by atoms with E-state index in [2.05, 4.69) is 6.07 Å². The van der Waals surface area contributed by atoms with Gasteiger partial charge < -0.3 is 15.5 Å². The molecule has 0 aliphatic carbocycles. The van der Waals surface area contributed by atoms with Crippen LogP contribution in [0.2, 0.25) is 10.0 Å². The minimum atomic E-state index is -0.997. The van der Waals surface area contributed by atoms with Gasteiger partial charge in [0, 0.05) is 35.4 Å². The summed E-state index contributed by atoms with van der Waals surface area (Å²) in [7, 11) is 0. The second-order valence-electron chi connectivity index (χ2n) is 8.37. The van der Waals surface area contributed by atoms with Gasteiger partial charge in [-0.1, -0.05) is 41.4 Å². The molecule has 0 amide bonds. The van der Waals surface area contributed by atoms with Gasteiger partial charge in [0.15, 0.2) is 17.7 Å². The molecule has 0 bridgehead atoms. The Morgan fingerprint density at radius 1 is 1.18 bits per heavy atom. The average Bonchev–Trinajstić information content (AvgIpc) is 3.35. The lowest BCUT2D eigenvalue weighted by Crippen LogP contribution is -2.61. The van der Waals surface area contributed by atoms with Gasteiger partial charge in [-0.05, 0) is 54.3 Å². The van der Waals surface area contributed by atoms with Crippen LogP contribution >= 0.6 is 34.5 Å². The van der Waals surface area contributed by atoms with Crippen LogP contribution in [0.25, 0.3) is 11.1 Å². The number of aliphatic imine (C=N–C) groups is 1. The molecule has 176 valence electrons. The van der Waals surface area contributed by atoms with Gasteiger partial charge in [0.2, 0.25) is 0 Å². The Morgan fingerprint density at radius 3 is 2.62 bits per heavy atom. The molecular formula is C24H23Cl2N5O2S. The molecule has 0 saturated carbocycles. The normalized spacial score (nSPS) is 22.4. The molecule has 3 aromatic rings. The van der Waals surface area contributed by atoms with Crippen LogP contribution in [-0.4, -0.2) is 46.1 Å². The van der Waals surface area contributed by atoms with E-state index in [4.69, 9.17) is 43.7 Å². The molecule has 7 nitrogen and oxygen atoms in total. The van der Waals surface area contributed by atoms with Gasteiger partial charge in [-0.25, -0.2) is 9.98 Å². The fourth-order valence-electron chi connectivity index (χ4n) is 4.78. The number of rotatable bonds is 4. The predicted octanol–water partition coefficient (Wildman–Crippen LogP) is 4.81. The van der Waals surface area contributed by atoms with E-state index in [1.807, 2.05) is 47.5 Å². The molecule has 2 unspecified atom stereocenters. The van der Waals surface area contributed by atoms with E-state index in [0.29, 0.717) is 29.1 Å². The lowest BCUT2D eigenvalue weighted by atomic mass is 9.82. The number of fused-ring (bicyclic) bond motifs is 1. The Kier molecular flexibility index (Phi) is 6.02. The molecule has 5 rings (SSSR count). The van der Waals surface area contributed by atoms with E-state index in [9.17, 15) is 4.79 Å². The smallest absolute Gasteiger partial charge is 0.322 e. The van der Waals surface area contributed by atoms with Crippen LogP contribution in [0.3, 0.4) is 0 Å². The van der Waals surface area contributed by atoms with Gasteiger partial charge in [-0.2, -0.15) is 0 Å². The van der Waals surface area contributed by atoms with Crippen molar-refractivity contribution in [1.29, 1.82) is 0 Å². The standard InChI is InChI=1S/C24H23Cl2N5O2S/c1-14-28-21(13-34-14)24(22-30(23(27)29-24)7-4-8-31(22)33-15(2)32)18-6-3-5-16(9-18)17-10-19(25)12-20(26)11-17/h3,5-6,9-13,22H,4,7-8H2,1-2H3,(H2,27,29). The van der Waals surface area contributed by atoms with Crippen molar-refractivity contribution in [3.63, 3.8) is 0 Å². The number of hydrogen-bond acceptors (Lipinski definition) is 8. The molecule has 3 heterocycles. The van der Waals surface area contributed by atoms with Crippen molar-refractivity contribution in [2.75, 3.05) is 13.1 Å². The lowest BCUT2D eigenvalue weighted by Gasteiger charge is -2.45. The van der Waals surface area contributed by atoms with Crippen LogP contribution in [0, 0.1) is 6.92 Å². The molecule has 34 heavy (non-hydrogen) atoms. The zero-order valence-electron chi connectivity index (χ0n) is 18.7. The monoisotopic (exact) mass is 515 g/mol. The van der Waals surface area contributed by atoms with Crippen molar-refractivity contribution in [3.8, 4) is 11.1 Å². The average molecular weight is 516 g/mol. The second-order valence-corrected chi connectivity index (χ2v) is 10.3. The Morgan fingerprint density at radius 2 is 1.94 bits per heavy atom. The van der Waals surface area contributed by atoms with Crippen LogP contribution in [0.15, 0.2) is 52.8 Å². The van der Waals surface area contributed by atoms with E-state index >= 15 is 0 Å². The van der Waals surface area contributed by atoms with Gasteiger partial charge in [0.1, 0.15) is 0 Å². The summed E-state index contributed by atoms with van der Waals surface area (Å²) in [5, 5.41) is 5.71. The summed E-state index contributed by atoms with van der Waals surface area (Å²) in [4.78, 5) is 29.5. The van der Waals surface area contributed by atoms with Gasteiger partial charge in [0.25, 0.3) is 0 Å². The number of hydrogen-bond donors (Lipinski definition) is 1. The highest BCUT2D eigenvalue weighted by molar-refractivity contribution is 7.09. The minimum Gasteiger partial charge on any atom is -0.370 e. The Balaban J connectivity index is 1.72. The number of nitrogens with zero attached hydrogens (tertiary/aromatic N) is 4. The number of guanidine groups is 1. The number of thiazole rings is 1. The highest BCUT2D eigenvalue weighted by Crippen LogP contribution is 2.47. The van der Waals surface area contributed by atoms with Crippen molar-refractivity contribution < 1.29 is 9.63 Å². The summed E-state index contributed by atoms with van der Waals surface area (Å²) in [6, 6.07) is 13.5. The summed E-state index contributed by atoms with van der Waals surface area (Å²) in [5.74, 6) is 0.00158. The highest BCUT2D eigenvalue weighted by Gasteiger charge is 2.57. The number of aryl methyl sites for hydroxylation is 1. The predicted molar refractivity (Wildman–Crippen MR) is 135 cm³/mol. The number of halogens is 2. The topological polar surface area (TPSA) is 84.0 Å². The highest BCUT2D eigenvalue weighted by atomic mass is 35.5. The van der Waals surface area contributed by atoms with Crippen LogP contribution in [-0.2, 0) is 15.2 Å². The molecule has 2 aromatic carbocycles. The van der Waals surface area contributed by atoms with E-state index in [0.717, 1.165) is 33.8 Å². The van der Waals surface area contributed by atoms with E-state index in [1.54, 1.807) is 22.5 Å². The zero-order valence-corrected chi connectivity index (χ0v) is 21.0. The fourth-order valence-corrected chi connectivity index (χ4v) is 5.97. The Bertz CT molecular complexity index is 1280. The number of nitrogens with two attached hydrogens (primary N) is 1. The first-order chi connectivity index (χ1) is 16.3. The molecule has 1 saturated heterocycles. The summed E-state index contributed by atoms with van der Waals surface area (Å²) in [5.41, 5.74) is 8.92. The second kappa shape index (κ2) is 8.85. The molecule has 2 atom stereocenters. The summed E-state index contributed by atoms with van der Waals surface area (Å²) < 4.78 is 0. The van der Waals surface area contributed by atoms with Crippen molar-refractivity contribution in [2.45, 2.75) is 32.0 Å². The first kappa shape index (κ1) is 23.1. The third-order valence-electron chi connectivity index (χ3n) is 6.06. The van der Waals surface area contributed by atoms with Gasteiger partial charge in [-0.15, -0.1) is 16.4 Å². The van der Waals surface area contributed by atoms with E-state index in [1.165, 1.54) is 6.92 Å². The van der Waals surface area contributed by atoms with Gasteiger partial charge in [-0.3, -0.25) is 4.79 Å². The molecular weight excluding hydrogens is 493 g/mol. The summed E-state index contributed by atoms with van der Waals surface area (Å²) in [6.45, 7) is 4.62. The third-order valence-corrected chi connectivity index (χ3v) is 7.27. The first-order valence-electron chi connectivity index (χ1n) is 10.8. The van der Waals surface area contributed by atoms with Crippen LogP contribution < -0.4 is 5.73 Å². The number of carbonyl (C=O) groups excluding carboxylic acids is 1. The quantitative estimate of drug-likeness (QED) is 0.536. The molecule has 2 N–H and O–H groups in total. The van der Waals surface area contributed by atoms with Crippen LogP contribution in [0.1, 0.15) is 29.6 Å². The third kappa shape index (κ3) is 3.94. The summed E-state index contributed by atoms with van der Waals surface area (Å²) in [6.07, 6.45) is 0.317. The number of carbonyl (C=O) groups is 1. The Labute approximate surface area is 211 Å². The minimum absolute atomic E-state index is 0.391. The molecule has 0 spiro atoms. The molecule has 0 radical (unpaired) electrons. The first-order valence-corrected chi connectivity index (χ1v) is 12.5. The van der Waals surface area contributed by atoms with Gasteiger partial charge in [0.05, 0.1) is 10.7 Å². The van der Waals surface area contributed by atoms with Crippen LogP contribution in [0.4, 0.5) is 0 Å². The van der Waals surface area contributed by atoms with Crippen LogP contribution in [0.5, 0.6) is 0 Å². The van der Waals surface area contributed by atoms with Crippen molar-refractivity contribution in [2.24, 2.45) is 10.7 Å². The van der Waals surface area contributed by atoms with Gasteiger partial charge >= 0.3 is 5.97 Å². The number of benzene rings is 2. The van der Waals surface area contributed by atoms with Crippen molar-refractivity contribution >= 4 is 46.5 Å². The SMILES string of the molecule is CC(=O)ON1CCCN2C(N)=NC(c3cccc(-c4cc(Cl)cc(Cl)c4)c3)(c3csc(C)n3)C12. The maximum absolute atomic E-state index is 12.0. The number of hydroxylamine groups is 2. The summed E-state index contributed by atoms with van der Waals surface area (Å²) >= 11 is 14.1. The molecule has 2 aliphatic heterocycles. The van der Waals surface area contributed by atoms with Crippen molar-refractivity contribution in [3.05, 3.63) is 74.2 Å². The molecule has 1 fully saturated rings. The molecule has 1 aromatic heterocycles. The fraction of sp³-hybridized carbons (Fsp3) is 0.292. The molecule has 2 aliphatic rings.